The molecule has 5 nitrogen and oxygen atoms in total. The highest BCUT2D eigenvalue weighted by atomic mass is 32.2. The van der Waals surface area contributed by atoms with Gasteiger partial charge in [-0.05, 0) is 36.3 Å². The molecule has 0 radical (unpaired) electrons. The van der Waals surface area contributed by atoms with E-state index in [0.717, 1.165) is 21.4 Å². The first-order chi connectivity index (χ1) is 11.1. The number of imide groups is 1. The van der Waals surface area contributed by atoms with Crippen molar-refractivity contribution in [1.82, 2.24) is 5.32 Å². The van der Waals surface area contributed by atoms with Crippen molar-refractivity contribution in [3.63, 3.8) is 0 Å². The third kappa shape index (κ3) is 1.98. The summed E-state index contributed by atoms with van der Waals surface area (Å²) >= 11 is 1.63. The van der Waals surface area contributed by atoms with Crippen LogP contribution in [0.2, 0.25) is 0 Å². The molecule has 4 rings (SSSR count). The highest BCUT2D eigenvalue weighted by Crippen LogP contribution is 2.42. The molecule has 1 fully saturated rings. The molecule has 2 aromatic carbocycles. The SMILES string of the molecule is CSc1ccc2c3c(cccc13)C(=O)N2C1CCC(=O)NC1=O. The molecule has 3 amide bonds. The van der Waals surface area contributed by atoms with Crippen molar-refractivity contribution < 1.29 is 14.4 Å². The highest BCUT2D eigenvalue weighted by Gasteiger charge is 2.40. The van der Waals surface area contributed by atoms with Crippen molar-refractivity contribution in [2.75, 3.05) is 11.2 Å². The van der Waals surface area contributed by atoms with Gasteiger partial charge in [0.1, 0.15) is 6.04 Å². The van der Waals surface area contributed by atoms with E-state index in [2.05, 4.69) is 5.32 Å². The van der Waals surface area contributed by atoms with E-state index in [1.54, 1.807) is 22.7 Å². The fraction of sp³-hybridized carbons (Fsp3) is 0.235. The van der Waals surface area contributed by atoms with Gasteiger partial charge in [0.15, 0.2) is 0 Å². The summed E-state index contributed by atoms with van der Waals surface area (Å²) < 4.78 is 0. The number of nitrogens with zero attached hydrogens (tertiary/aromatic N) is 1. The van der Waals surface area contributed by atoms with Crippen LogP contribution in [-0.4, -0.2) is 30.0 Å². The van der Waals surface area contributed by atoms with E-state index < -0.39 is 11.9 Å². The molecular formula is C17H14N2O3S. The zero-order chi connectivity index (χ0) is 16.1. The van der Waals surface area contributed by atoms with Crippen LogP contribution in [0.4, 0.5) is 5.69 Å². The van der Waals surface area contributed by atoms with Crippen molar-refractivity contribution in [1.29, 1.82) is 0 Å². The fourth-order valence-electron chi connectivity index (χ4n) is 3.40. The Morgan fingerprint density at radius 3 is 2.74 bits per heavy atom. The Morgan fingerprint density at radius 2 is 2.00 bits per heavy atom. The molecule has 0 saturated carbocycles. The van der Waals surface area contributed by atoms with Gasteiger partial charge in [-0.2, -0.15) is 0 Å². The van der Waals surface area contributed by atoms with E-state index in [0.29, 0.717) is 12.0 Å². The lowest BCUT2D eigenvalue weighted by molar-refractivity contribution is -0.134. The second-order valence-corrected chi connectivity index (χ2v) is 6.51. The van der Waals surface area contributed by atoms with Crippen LogP contribution >= 0.6 is 11.8 Å². The molecule has 23 heavy (non-hydrogen) atoms. The Balaban J connectivity index is 1.88. The maximum Gasteiger partial charge on any atom is 0.259 e. The van der Waals surface area contributed by atoms with E-state index in [1.165, 1.54) is 0 Å². The van der Waals surface area contributed by atoms with Crippen LogP contribution in [0.3, 0.4) is 0 Å². The Labute approximate surface area is 137 Å². The molecule has 2 aromatic rings. The molecule has 6 heteroatoms. The van der Waals surface area contributed by atoms with E-state index in [1.807, 2.05) is 30.5 Å². The van der Waals surface area contributed by atoms with E-state index in [4.69, 9.17) is 0 Å². The molecule has 0 aliphatic carbocycles. The second-order valence-electron chi connectivity index (χ2n) is 5.66. The summed E-state index contributed by atoms with van der Waals surface area (Å²) in [5.41, 5.74) is 1.38. The van der Waals surface area contributed by atoms with Gasteiger partial charge in [-0.15, -0.1) is 11.8 Å². The summed E-state index contributed by atoms with van der Waals surface area (Å²) in [7, 11) is 0. The van der Waals surface area contributed by atoms with Gasteiger partial charge in [-0.3, -0.25) is 24.6 Å². The molecule has 1 atom stereocenters. The number of hydrogen-bond acceptors (Lipinski definition) is 4. The minimum absolute atomic E-state index is 0.168. The Bertz CT molecular complexity index is 878. The summed E-state index contributed by atoms with van der Waals surface area (Å²) in [6.07, 6.45) is 2.61. The van der Waals surface area contributed by atoms with Gasteiger partial charge < -0.3 is 0 Å². The van der Waals surface area contributed by atoms with E-state index in [9.17, 15) is 14.4 Å². The Hall–Kier alpha value is -2.34. The van der Waals surface area contributed by atoms with Crippen molar-refractivity contribution in [2.24, 2.45) is 0 Å². The average Bonchev–Trinajstić information content (AvgIpc) is 2.83. The lowest BCUT2D eigenvalue weighted by Gasteiger charge is -2.30. The molecule has 1 unspecified atom stereocenters. The van der Waals surface area contributed by atoms with Crippen molar-refractivity contribution >= 4 is 45.9 Å². The monoisotopic (exact) mass is 326 g/mol. The maximum absolute atomic E-state index is 12.9. The Kier molecular flexibility index (Phi) is 3.16. The number of thioether (sulfide) groups is 1. The highest BCUT2D eigenvalue weighted by molar-refractivity contribution is 7.98. The number of hydrogen-bond donors (Lipinski definition) is 1. The first-order valence-corrected chi connectivity index (χ1v) is 8.61. The lowest BCUT2D eigenvalue weighted by Crippen LogP contribution is -2.53. The van der Waals surface area contributed by atoms with Crippen LogP contribution in [0.25, 0.3) is 10.8 Å². The van der Waals surface area contributed by atoms with Gasteiger partial charge in [0, 0.05) is 22.3 Å². The van der Waals surface area contributed by atoms with Gasteiger partial charge in [0.25, 0.3) is 5.91 Å². The predicted octanol–water partition coefficient (Wildman–Crippen LogP) is 2.33. The van der Waals surface area contributed by atoms with Crippen LogP contribution in [0.1, 0.15) is 23.2 Å². The number of rotatable bonds is 2. The zero-order valence-electron chi connectivity index (χ0n) is 12.5. The number of piperidine rings is 1. The molecule has 2 heterocycles. The Morgan fingerprint density at radius 1 is 1.17 bits per heavy atom. The van der Waals surface area contributed by atoms with Crippen molar-refractivity contribution in [3.8, 4) is 0 Å². The molecule has 2 aliphatic heterocycles. The lowest BCUT2D eigenvalue weighted by atomic mass is 10.0. The smallest absolute Gasteiger partial charge is 0.259 e. The summed E-state index contributed by atoms with van der Waals surface area (Å²) in [4.78, 5) is 39.1. The molecule has 0 aromatic heterocycles. The number of anilines is 1. The largest absolute Gasteiger partial charge is 0.295 e. The van der Waals surface area contributed by atoms with Crippen LogP contribution in [0.5, 0.6) is 0 Å². The van der Waals surface area contributed by atoms with Crippen molar-refractivity contribution in [2.45, 2.75) is 23.8 Å². The normalized spacial score (nSPS) is 20.3. The molecule has 2 aliphatic rings. The third-order valence-electron chi connectivity index (χ3n) is 4.43. The van der Waals surface area contributed by atoms with Gasteiger partial charge in [0.2, 0.25) is 11.8 Å². The standard InChI is InChI=1S/C17H14N2O3S/c1-23-13-7-5-11-15-9(13)3-2-4-10(15)17(22)19(11)12-6-8-14(20)18-16(12)21/h2-5,7,12H,6,8H2,1H3,(H,18,20,21). The average molecular weight is 326 g/mol. The molecule has 116 valence electrons. The third-order valence-corrected chi connectivity index (χ3v) is 5.22. The predicted molar refractivity (Wildman–Crippen MR) is 88.7 cm³/mol. The fourth-order valence-corrected chi connectivity index (χ4v) is 3.99. The van der Waals surface area contributed by atoms with E-state index >= 15 is 0 Å². The minimum Gasteiger partial charge on any atom is -0.295 e. The van der Waals surface area contributed by atoms with Crippen molar-refractivity contribution in [3.05, 3.63) is 35.9 Å². The van der Waals surface area contributed by atoms with Gasteiger partial charge in [-0.1, -0.05) is 12.1 Å². The molecule has 1 N–H and O–H groups in total. The molecule has 0 bridgehead atoms. The summed E-state index contributed by atoms with van der Waals surface area (Å²) in [6, 6.07) is 8.90. The topological polar surface area (TPSA) is 66.5 Å². The van der Waals surface area contributed by atoms with Crippen LogP contribution in [0.15, 0.2) is 35.2 Å². The second kappa shape index (κ2) is 5.09. The van der Waals surface area contributed by atoms with E-state index in [-0.39, 0.29) is 18.2 Å². The summed E-state index contributed by atoms with van der Waals surface area (Å²) in [5, 5.41) is 4.25. The zero-order valence-corrected chi connectivity index (χ0v) is 13.3. The number of benzene rings is 2. The first kappa shape index (κ1) is 14.3. The number of amides is 3. The molecular weight excluding hydrogens is 312 g/mol. The molecule has 0 spiro atoms. The van der Waals surface area contributed by atoms with Crippen LogP contribution in [-0.2, 0) is 9.59 Å². The van der Waals surface area contributed by atoms with Gasteiger partial charge in [-0.25, -0.2) is 0 Å². The minimum atomic E-state index is -0.629. The van der Waals surface area contributed by atoms with Crippen LogP contribution in [0, 0.1) is 0 Å². The summed E-state index contributed by atoms with van der Waals surface area (Å²) in [5.74, 6) is -0.846. The number of carbonyl (C=O) groups excluding carboxylic acids is 3. The number of nitrogens with one attached hydrogen (secondary N) is 1. The quantitative estimate of drug-likeness (QED) is 0.679. The van der Waals surface area contributed by atoms with Crippen LogP contribution < -0.4 is 10.2 Å². The maximum atomic E-state index is 12.9. The molecule has 1 saturated heterocycles. The number of carbonyl (C=O) groups is 3. The first-order valence-electron chi connectivity index (χ1n) is 7.39. The summed E-state index contributed by atoms with van der Waals surface area (Å²) in [6.45, 7) is 0. The van der Waals surface area contributed by atoms with Gasteiger partial charge >= 0.3 is 0 Å². The van der Waals surface area contributed by atoms with Gasteiger partial charge in [0.05, 0.1) is 5.69 Å².